The Morgan fingerprint density at radius 1 is 0.737 bits per heavy atom. The maximum absolute atomic E-state index is 12.6. The van der Waals surface area contributed by atoms with E-state index in [-0.39, 0.29) is 22.3 Å². The molecule has 108 valence electrons. The van der Waals surface area contributed by atoms with Crippen molar-refractivity contribution in [3.8, 4) is 0 Å². The van der Waals surface area contributed by atoms with Crippen molar-refractivity contribution in [3.05, 3.63) is 0 Å². The molecular formula is C14H22O4S. The van der Waals surface area contributed by atoms with Gasteiger partial charge in [-0.15, -0.1) is 0 Å². The summed E-state index contributed by atoms with van der Waals surface area (Å²) >= 11 is 0. The molecule has 2 aliphatic carbocycles. The molecule has 0 aromatic carbocycles. The highest BCUT2D eigenvalue weighted by molar-refractivity contribution is 7.92. The zero-order chi connectivity index (χ0) is 13.9. The Labute approximate surface area is 114 Å². The molecule has 0 radical (unpaired) electrons. The van der Waals surface area contributed by atoms with Gasteiger partial charge in [-0.1, -0.05) is 12.8 Å². The topological polar surface area (TPSA) is 68.3 Å². The average molecular weight is 286 g/mol. The van der Waals surface area contributed by atoms with Gasteiger partial charge in [-0.25, -0.2) is 8.42 Å². The normalized spacial score (nSPS) is 36.6. The van der Waals surface area contributed by atoms with Gasteiger partial charge in [0.2, 0.25) is 0 Å². The number of rotatable bonds is 4. The van der Waals surface area contributed by atoms with Crippen LogP contribution in [0.1, 0.15) is 51.4 Å². The van der Waals surface area contributed by atoms with E-state index in [4.69, 9.17) is 0 Å². The Balaban J connectivity index is 2.08. The number of hydrogen-bond acceptors (Lipinski definition) is 4. The van der Waals surface area contributed by atoms with E-state index < -0.39 is 9.84 Å². The first-order valence-electron chi connectivity index (χ1n) is 7.21. The second kappa shape index (κ2) is 6.16. The lowest BCUT2D eigenvalue weighted by atomic mass is 9.89. The molecule has 0 amide bonds. The van der Waals surface area contributed by atoms with Crippen LogP contribution in [0.4, 0.5) is 0 Å². The van der Waals surface area contributed by atoms with Crippen LogP contribution in [-0.2, 0) is 19.4 Å². The Morgan fingerprint density at radius 2 is 1.16 bits per heavy atom. The fourth-order valence-corrected chi connectivity index (χ4v) is 6.04. The van der Waals surface area contributed by atoms with Crippen LogP contribution in [0, 0.1) is 11.8 Å². The molecule has 2 fully saturated rings. The fourth-order valence-electron chi connectivity index (χ4n) is 3.48. The van der Waals surface area contributed by atoms with Gasteiger partial charge in [0.25, 0.3) is 0 Å². The van der Waals surface area contributed by atoms with Crippen molar-refractivity contribution >= 4 is 22.4 Å². The highest BCUT2D eigenvalue weighted by atomic mass is 32.2. The lowest BCUT2D eigenvalue weighted by Gasteiger charge is -2.32. The van der Waals surface area contributed by atoms with Gasteiger partial charge in [-0.3, -0.25) is 0 Å². The van der Waals surface area contributed by atoms with Crippen LogP contribution >= 0.6 is 0 Å². The van der Waals surface area contributed by atoms with Crippen molar-refractivity contribution in [2.75, 3.05) is 0 Å². The van der Waals surface area contributed by atoms with Gasteiger partial charge in [0.05, 0.1) is 10.5 Å². The van der Waals surface area contributed by atoms with Crippen molar-refractivity contribution in [1.29, 1.82) is 0 Å². The highest BCUT2D eigenvalue weighted by Crippen LogP contribution is 2.35. The average Bonchev–Trinajstić information content (AvgIpc) is 2.47. The van der Waals surface area contributed by atoms with Gasteiger partial charge in [-0.2, -0.15) is 0 Å². The monoisotopic (exact) mass is 286 g/mol. The molecule has 4 atom stereocenters. The van der Waals surface area contributed by atoms with Crippen LogP contribution in [0.25, 0.3) is 0 Å². The fraction of sp³-hybridized carbons (Fsp3) is 0.857. The minimum absolute atomic E-state index is 0.0982. The van der Waals surface area contributed by atoms with Gasteiger partial charge in [0, 0.05) is 11.8 Å². The number of carbonyl (C=O) groups excluding carboxylic acids is 2. The number of sulfone groups is 1. The van der Waals surface area contributed by atoms with Crippen LogP contribution in [0.2, 0.25) is 0 Å². The maximum atomic E-state index is 12.6. The molecule has 19 heavy (non-hydrogen) atoms. The second-order valence-electron chi connectivity index (χ2n) is 5.96. The lowest BCUT2D eigenvalue weighted by Crippen LogP contribution is -2.38. The van der Waals surface area contributed by atoms with E-state index >= 15 is 0 Å². The smallest absolute Gasteiger partial charge is 0.156 e. The standard InChI is InChI=1S/C14H22O4S/c15-9-11-3-1-5-13(7-11)19(17,18)14-6-2-4-12(8-14)10-16/h9-14H,1-8H2. The van der Waals surface area contributed by atoms with E-state index in [0.717, 1.165) is 38.3 Å². The van der Waals surface area contributed by atoms with Gasteiger partial charge in [-0.05, 0) is 38.5 Å². The van der Waals surface area contributed by atoms with Gasteiger partial charge in [0.15, 0.2) is 9.84 Å². The third-order valence-corrected chi connectivity index (χ3v) is 7.36. The van der Waals surface area contributed by atoms with E-state index in [1.165, 1.54) is 0 Å². The molecule has 0 aromatic heterocycles. The zero-order valence-corrected chi connectivity index (χ0v) is 12.0. The molecular weight excluding hydrogens is 264 g/mol. The SMILES string of the molecule is O=CC1CCCC(S(=O)(=O)C2CCCC(C=O)C2)C1. The minimum Gasteiger partial charge on any atom is -0.303 e. The largest absolute Gasteiger partial charge is 0.303 e. The molecule has 5 heteroatoms. The summed E-state index contributed by atoms with van der Waals surface area (Å²) in [5.74, 6) is -0.196. The van der Waals surface area contributed by atoms with Crippen LogP contribution in [-0.4, -0.2) is 31.5 Å². The summed E-state index contributed by atoms with van der Waals surface area (Å²) < 4.78 is 25.3. The first-order valence-corrected chi connectivity index (χ1v) is 8.82. The third-order valence-electron chi connectivity index (χ3n) is 4.65. The molecule has 0 aliphatic heterocycles. The second-order valence-corrected chi connectivity index (χ2v) is 8.47. The number of hydrogen-bond donors (Lipinski definition) is 0. The molecule has 2 aliphatic rings. The number of carbonyl (C=O) groups is 2. The molecule has 4 nitrogen and oxygen atoms in total. The molecule has 0 aromatic rings. The minimum atomic E-state index is -3.19. The van der Waals surface area contributed by atoms with Crippen LogP contribution < -0.4 is 0 Å². The van der Waals surface area contributed by atoms with Crippen molar-refractivity contribution in [3.63, 3.8) is 0 Å². The Bertz CT molecular complexity index is 395. The molecule has 4 unspecified atom stereocenters. The molecule has 0 bridgehead atoms. The Kier molecular flexibility index (Phi) is 4.76. The van der Waals surface area contributed by atoms with E-state index in [9.17, 15) is 18.0 Å². The Morgan fingerprint density at radius 3 is 1.53 bits per heavy atom. The summed E-state index contributed by atoms with van der Waals surface area (Å²) in [6.45, 7) is 0. The van der Waals surface area contributed by atoms with Gasteiger partial charge >= 0.3 is 0 Å². The first kappa shape index (κ1) is 14.7. The molecule has 2 rings (SSSR count). The number of aldehydes is 2. The predicted octanol–water partition coefficient (Wildman–Crippen LogP) is 1.92. The predicted molar refractivity (Wildman–Crippen MR) is 72.5 cm³/mol. The maximum Gasteiger partial charge on any atom is 0.156 e. The summed E-state index contributed by atoms with van der Waals surface area (Å²) in [5, 5.41) is -0.737. The van der Waals surface area contributed by atoms with Crippen LogP contribution in [0.3, 0.4) is 0 Å². The molecule has 0 saturated heterocycles. The highest BCUT2D eigenvalue weighted by Gasteiger charge is 2.39. The van der Waals surface area contributed by atoms with Crippen molar-refractivity contribution in [1.82, 2.24) is 0 Å². The first-order chi connectivity index (χ1) is 9.07. The van der Waals surface area contributed by atoms with Crippen molar-refractivity contribution < 1.29 is 18.0 Å². The van der Waals surface area contributed by atoms with E-state index in [2.05, 4.69) is 0 Å². The van der Waals surface area contributed by atoms with Crippen molar-refractivity contribution in [2.24, 2.45) is 11.8 Å². The third kappa shape index (κ3) is 3.25. The van der Waals surface area contributed by atoms with Gasteiger partial charge < -0.3 is 9.59 Å². The van der Waals surface area contributed by atoms with Gasteiger partial charge in [0.1, 0.15) is 12.6 Å². The summed E-state index contributed by atoms with van der Waals surface area (Å²) in [7, 11) is -3.19. The molecule has 0 N–H and O–H groups in total. The molecule has 0 spiro atoms. The van der Waals surface area contributed by atoms with E-state index in [0.29, 0.717) is 25.7 Å². The van der Waals surface area contributed by atoms with Crippen LogP contribution in [0.15, 0.2) is 0 Å². The van der Waals surface area contributed by atoms with Crippen LogP contribution in [0.5, 0.6) is 0 Å². The van der Waals surface area contributed by atoms with Crippen molar-refractivity contribution in [2.45, 2.75) is 61.9 Å². The summed E-state index contributed by atoms with van der Waals surface area (Å²) in [6.07, 6.45) is 7.38. The zero-order valence-electron chi connectivity index (χ0n) is 11.2. The van der Waals surface area contributed by atoms with E-state index in [1.54, 1.807) is 0 Å². The summed E-state index contributed by atoms with van der Waals surface area (Å²) in [5.41, 5.74) is 0. The summed E-state index contributed by atoms with van der Waals surface area (Å²) in [6, 6.07) is 0. The molecule has 0 heterocycles. The van der Waals surface area contributed by atoms with E-state index in [1.807, 2.05) is 0 Å². The summed E-state index contributed by atoms with van der Waals surface area (Å²) in [4.78, 5) is 21.7. The molecule has 2 saturated carbocycles. The quantitative estimate of drug-likeness (QED) is 0.740. The Hall–Kier alpha value is -0.710. The lowest BCUT2D eigenvalue weighted by molar-refractivity contribution is -0.112.